The van der Waals surface area contributed by atoms with Crippen molar-refractivity contribution < 1.29 is 0 Å². The quantitative estimate of drug-likeness (QED) is 0.898. The summed E-state index contributed by atoms with van der Waals surface area (Å²) in [5.74, 6) is 0.572. The molecule has 3 rings (SSSR count). The van der Waals surface area contributed by atoms with Gasteiger partial charge in [0.05, 0.1) is 5.69 Å². The minimum atomic E-state index is 0.283. The molecule has 1 saturated heterocycles. The van der Waals surface area contributed by atoms with Gasteiger partial charge in [0, 0.05) is 24.0 Å². The fourth-order valence-corrected chi connectivity index (χ4v) is 4.00. The van der Waals surface area contributed by atoms with E-state index in [1.54, 1.807) is 11.3 Å². The van der Waals surface area contributed by atoms with Crippen LogP contribution < -0.4 is 5.73 Å². The van der Waals surface area contributed by atoms with E-state index < -0.39 is 0 Å². The van der Waals surface area contributed by atoms with Crippen molar-refractivity contribution in [1.29, 1.82) is 0 Å². The zero-order valence-electron chi connectivity index (χ0n) is 14.4. The Hall–Kier alpha value is -1.23. The molecule has 2 aromatic rings. The van der Waals surface area contributed by atoms with Gasteiger partial charge in [0.2, 0.25) is 0 Å². The minimum Gasteiger partial charge on any atom is -0.330 e. The van der Waals surface area contributed by atoms with Gasteiger partial charge in [-0.15, -0.1) is 11.3 Å². The molecule has 0 aliphatic carbocycles. The number of benzene rings is 1. The van der Waals surface area contributed by atoms with Crippen molar-refractivity contribution in [3.63, 3.8) is 0 Å². The van der Waals surface area contributed by atoms with Crippen LogP contribution in [0.2, 0.25) is 0 Å². The molecular formula is C19H27N3S. The summed E-state index contributed by atoms with van der Waals surface area (Å²) in [4.78, 5) is 7.32. The zero-order valence-corrected chi connectivity index (χ0v) is 15.2. The molecular weight excluding hydrogens is 302 g/mol. The molecule has 0 bridgehead atoms. The van der Waals surface area contributed by atoms with Crippen molar-refractivity contribution in [2.45, 2.75) is 39.7 Å². The van der Waals surface area contributed by atoms with Crippen LogP contribution in [0.15, 0.2) is 29.6 Å². The summed E-state index contributed by atoms with van der Waals surface area (Å²) in [6, 6.07) is 8.82. The van der Waals surface area contributed by atoms with Crippen LogP contribution in [-0.2, 0) is 6.54 Å². The fourth-order valence-electron chi connectivity index (χ4n) is 3.18. The fraction of sp³-hybridized carbons (Fsp3) is 0.526. The first kappa shape index (κ1) is 16.6. The Balaban J connectivity index is 1.66. The van der Waals surface area contributed by atoms with E-state index in [-0.39, 0.29) is 5.41 Å². The Morgan fingerprint density at radius 3 is 2.65 bits per heavy atom. The van der Waals surface area contributed by atoms with Gasteiger partial charge in [-0.05, 0) is 36.4 Å². The van der Waals surface area contributed by atoms with Crippen LogP contribution in [0.1, 0.15) is 44.4 Å². The standard InChI is InChI=1S/C19H27N3S/c1-14(2)15-4-6-16(7-5-15)18-21-17(11-23-18)10-22-9-8-19(3,12-20)13-22/h4-7,11,14H,8-10,12-13,20H2,1-3H3. The summed E-state index contributed by atoms with van der Waals surface area (Å²) in [6.07, 6.45) is 1.19. The van der Waals surface area contributed by atoms with E-state index in [0.29, 0.717) is 5.92 Å². The predicted molar refractivity (Wildman–Crippen MR) is 98.7 cm³/mol. The van der Waals surface area contributed by atoms with Crippen LogP contribution in [-0.4, -0.2) is 29.5 Å². The second-order valence-electron chi connectivity index (χ2n) is 7.40. The van der Waals surface area contributed by atoms with Crippen molar-refractivity contribution in [3.8, 4) is 10.6 Å². The number of likely N-dealkylation sites (tertiary alicyclic amines) is 1. The van der Waals surface area contributed by atoms with E-state index in [1.807, 2.05) is 0 Å². The topological polar surface area (TPSA) is 42.2 Å². The molecule has 1 unspecified atom stereocenters. The summed E-state index contributed by atoms with van der Waals surface area (Å²) in [5, 5.41) is 3.32. The number of nitrogens with zero attached hydrogens (tertiary/aromatic N) is 2. The van der Waals surface area contributed by atoms with Crippen molar-refractivity contribution in [2.75, 3.05) is 19.6 Å². The molecule has 1 fully saturated rings. The first-order chi connectivity index (χ1) is 11.0. The Labute approximate surface area is 143 Å². The van der Waals surface area contributed by atoms with E-state index in [4.69, 9.17) is 10.7 Å². The number of thiazole rings is 1. The monoisotopic (exact) mass is 329 g/mol. The predicted octanol–water partition coefficient (Wildman–Crippen LogP) is 4.10. The third-order valence-electron chi connectivity index (χ3n) is 4.89. The molecule has 4 heteroatoms. The lowest BCUT2D eigenvalue weighted by atomic mass is 9.90. The number of hydrogen-bond donors (Lipinski definition) is 1. The van der Waals surface area contributed by atoms with Crippen LogP contribution in [0.4, 0.5) is 0 Å². The molecule has 1 aromatic heterocycles. The molecule has 23 heavy (non-hydrogen) atoms. The van der Waals surface area contributed by atoms with Crippen molar-refractivity contribution in [1.82, 2.24) is 9.88 Å². The van der Waals surface area contributed by atoms with Gasteiger partial charge in [0.15, 0.2) is 0 Å². The minimum absolute atomic E-state index is 0.283. The lowest BCUT2D eigenvalue weighted by Gasteiger charge is -2.22. The highest BCUT2D eigenvalue weighted by atomic mass is 32.1. The first-order valence-electron chi connectivity index (χ1n) is 8.46. The molecule has 0 saturated carbocycles. The first-order valence-corrected chi connectivity index (χ1v) is 9.34. The highest BCUT2D eigenvalue weighted by Crippen LogP contribution is 2.31. The van der Waals surface area contributed by atoms with Crippen LogP contribution >= 0.6 is 11.3 Å². The second kappa shape index (κ2) is 6.71. The lowest BCUT2D eigenvalue weighted by molar-refractivity contribution is 0.272. The van der Waals surface area contributed by atoms with E-state index in [9.17, 15) is 0 Å². The van der Waals surface area contributed by atoms with Crippen LogP contribution in [0.25, 0.3) is 10.6 Å². The second-order valence-corrected chi connectivity index (χ2v) is 8.25. The maximum atomic E-state index is 5.90. The number of nitrogens with two attached hydrogens (primary N) is 1. The van der Waals surface area contributed by atoms with E-state index in [1.165, 1.54) is 23.2 Å². The summed E-state index contributed by atoms with van der Waals surface area (Å²) >= 11 is 1.74. The summed E-state index contributed by atoms with van der Waals surface area (Å²) in [6.45, 7) is 10.7. The van der Waals surface area contributed by atoms with Gasteiger partial charge in [-0.3, -0.25) is 4.90 Å². The van der Waals surface area contributed by atoms with E-state index >= 15 is 0 Å². The third kappa shape index (κ3) is 3.82. The highest BCUT2D eigenvalue weighted by molar-refractivity contribution is 7.13. The average molecular weight is 330 g/mol. The number of hydrogen-bond acceptors (Lipinski definition) is 4. The number of aromatic nitrogens is 1. The summed E-state index contributed by atoms with van der Waals surface area (Å²) in [5.41, 5.74) is 9.96. The SMILES string of the molecule is CC(C)c1ccc(-c2nc(CN3CCC(C)(CN)C3)cs2)cc1. The Bertz CT molecular complexity index is 647. The largest absolute Gasteiger partial charge is 0.330 e. The van der Waals surface area contributed by atoms with E-state index in [0.717, 1.165) is 31.2 Å². The maximum absolute atomic E-state index is 5.90. The molecule has 124 valence electrons. The molecule has 1 aromatic carbocycles. The van der Waals surface area contributed by atoms with Gasteiger partial charge in [-0.2, -0.15) is 0 Å². The van der Waals surface area contributed by atoms with Crippen LogP contribution in [0, 0.1) is 5.41 Å². The Morgan fingerprint density at radius 2 is 2.04 bits per heavy atom. The Morgan fingerprint density at radius 1 is 1.30 bits per heavy atom. The van der Waals surface area contributed by atoms with Gasteiger partial charge in [0.25, 0.3) is 0 Å². The third-order valence-corrected chi connectivity index (χ3v) is 5.83. The van der Waals surface area contributed by atoms with Gasteiger partial charge < -0.3 is 5.73 Å². The molecule has 1 aliphatic rings. The van der Waals surface area contributed by atoms with Gasteiger partial charge in [0.1, 0.15) is 5.01 Å². The molecule has 3 nitrogen and oxygen atoms in total. The normalized spacial score (nSPS) is 22.1. The smallest absolute Gasteiger partial charge is 0.123 e. The number of rotatable bonds is 5. The van der Waals surface area contributed by atoms with Crippen molar-refractivity contribution in [2.24, 2.45) is 11.1 Å². The molecule has 0 amide bonds. The Kier molecular flexibility index (Phi) is 4.85. The van der Waals surface area contributed by atoms with E-state index in [2.05, 4.69) is 55.3 Å². The van der Waals surface area contributed by atoms with Crippen LogP contribution in [0.5, 0.6) is 0 Å². The molecule has 2 heterocycles. The molecule has 0 spiro atoms. The summed E-state index contributed by atoms with van der Waals surface area (Å²) in [7, 11) is 0. The zero-order chi connectivity index (χ0) is 16.4. The van der Waals surface area contributed by atoms with Gasteiger partial charge in [-0.1, -0.05) is 45.0 Å². The lowest BCUT2D eigenvalue weighted by Crippen LogP contribution is -2.31. The molecule has 1 aliphatic heterocycles. The summed E-state index contributed by atoms with van der Waals surface area (Å²) < 4.78 is 0. The van der Waals surface area contributed by atoms with Crippen molar-refractivity contribution in [3.05, 3.63) is 40.9 Å². The van der Waals surface area contributed by atoms with Crippen LogP contribution in [0.3, 0.4) is 0 Å². The average Bonchev–Trinajstić information content (AvgIpc) is 3.15. The molecule has 1 atom stereocenters. The molecule has 2 N–H and O–H groups in total. The molecule has 0 radical (unpaired) electrons. The van der Waals surface area contributed by atoms with Gasteiger partial charge >= 0.3 is 0 Å². The van der Waals surface area contributed by atoms with Gasteiger partial charge in [-0.25, -0.2) is 4.98 Å². The highest BCUT2D eigenvalue weighted by Gasteiger charge is 2.32. The van der Waals surface area contributed by atoms with Crippen molar-refractivity contribution >= 4 is 11.3 Å². The maximum Gasteiger partial charge on any atom is 0.123 e.